The average Bonchev–Trinajstić information content (AvgIpc) is 2.00. The van der Waals surface area contributed by atoms with Crippen LogP contribution in [-0.2, 0) is 4.74 Å². The molecule has 2 unspecified atom stereocenters. The van der Waals surface area contributed by atoms with E-state index in [9.17, 15) is 0 Å². The molecule has 3 aliphatic rings. The lowest BCUT2D eigenvalue weighted by Crippen LogP contribution is -2.69. The molecule has 1 N–H and O–H groups in total. The fraction of sp³-hybridized carbons (Fsp3) is 1.00. The molecule has 0 amide bonds. The molecule has 1 aliphatic carbocycles. The maximum atomic E-state index is 5.98. The van der Waals surface area contributed by atoms with Crippen LogP contribution >= 0.6 is 0 Å². The lowest BCUT2D eigenvalue weighted by atomic mass is 9.79. The third-order valence-electron chi connectivity index (χ3n) is 2.74. The minimum atomic E-state index is 0.0284. The average molecular weight is 169 g/mol. The van der Waals surface area contributed by atoms with Crippen molar-refractivity contribution in [3.05, 3.63) is 0 Å². The molecule has 2 atom stereocenters. The van der Waals surface area contributed by atoms with Gasteiger partial charge in [0.05, 0.1) is 11.7 Å². The maximum absolute atomic E-state index is 5.98. The molecule has 2 heteroatoms. The van der Waals surface area contributed by atoms with Crippen molar-refractivity contribution in [2.75, 3.05) is 0 Å². The molecule has 3 rings (SSSR count). The molecule has 2 nitrogen and oxygen atoms in total. The van der Waals surface area contributed by atoms with E-state index in [2.05, 4.69) is 26.1 Å². The summed E-state index contributed by atoms with van der Waals surface area (Å²) < 4.78 is 5.98. The molecular formula is C10H19NO. The fourth-order valence-corrected chi connectivity index (χ4v) is 2.25. The zero-order valence-electron chi connectivity index (χ0n) is 8.26. The number of hydrogen-bond acceptors (Lipinski definition) is 2. The number of nitrogens with one attached hydrogen (secondary N) is 1. The Labute approximate surface area is 74.7 Å². The third kappa shape index (κ3) is 1.50. The minimum Gasteiger partial charge on any atom is -0.369 e. The standard InChI is InChI=1S/C10H19NO/c1-10(2,3)12-9-7-5-4-6-8(9)11-7/h7-9,11H,4-6H2,1-3H3. The van der Waals surface area contributed by atoms with Gasteiger partial charge in [0.2, 0.25) is 0 Å². The van der Waals surface area contributed by atoms with Gasteiger partial charge in [-0.05, 0) is 33.6 Å². The van der Waals surface area contributed by atoms with Crippen LogP contribution < -0.4 is 5.32 Å². The predicted molar refractivity (Wildman–Crippen MR) is 49.2 cm³/mol. The highest BCUT2D eigenvalue weighted by molar-refractivity contribution is 5.03. The number of hydrogen-bond donors (Lipinski definition) is 1. The van der Waals surface area contributed by atoms with Gasteiger partial charge in [-0.25, -0.2) is 0 Å². The van der Waals surface area contributed by atoms with E-state index in [1.165, 1.54) is 19.3 Å². The second-order valence-electron chi connectivity index (χ2n) is 5.01. The first-order valence-electron chi connectivity index (χ1n) is 5.00. The van der Waals surface area contributed by atoms with Gasteiger partial charge in [0, 0.05) is 12.1 Å². The highest BCUT2D eigenvalue weighted by Gasteiger charge is 2.45. The van der Waals surface area contributed by atoms with Crippen LogP contribution in [0.5, 0.6) is 0 Å². The van der Waals surface area contributed by atoms with Crippen molar-refractivity contribution in [2.24, 2.45) is 0 Å². The summed E-state index contributed by atoms with van der Waals surface area (Å²) in [6, 6.07) is 1.31. The van der Waals surface area contributed by atoms with Gasteiger partial charge in [-0.2, -0.15) is 0 Å². The molecule has 2 aliphatic heterocycles. The first-order valence-corrected chi connectivity index (χ1v) is 5.00. The van der Waals surface area contributed by atoms with E-state index in [-0.39, 0.29) is 5.60 Å². The summed E-state index contributed by atoms with van der Waals surface area (Å²) in [6.45, 7) is 6.42. The molecule has 2 bridgehead atoms. The quantitative estimate of drug-likeness (QED) is 0.645. The van der Waals surface area contributed by atoms with Crippen LogP contribution in [0.4, 0.5) is 0 Å². The Hall–Kier alpha value is -0.0800. The Morgan fingerprint density at radius 1 is 1.17 bits per heavy atom. The molecule has 0 radical (unpaired) electrons. The topological polar surface area (TPSA) is 21.3 Å². The molecule has 3 fully saturated rings. The van der Waals surface area contributed by atoms with E-state index in [4.69, 9.17) is 4.74 Å². The predicted octanol–water partition coefficient (Wildman–Crippen LogP) is 1.69. The second-order valence-corrected chi connectivity index (χ2v) is 5.01. The van der Waals surface area contributed by atoms with Crippen LogP contribution in [0.15, 0.2) is 0 Å². The zero-order valence-corrected chi connectivity index (χ0v) is 8.26. The van der Waals surface area contributed by atoms with Crippen molar-refractivity contribution in [1.29, 1.82) is 0 Å². The van der Waals surface area contributed by atoms with Crippen molar-refractivity contribution in [2.45, 2.75) is 63.8 Å². The lowest BCUT2D eigenvalue weighted by Gasteiger charge is -2.52. The number of fused-ring (bicyclic) bond motifs is 2. The van der Waals surface area contributed by atoms with Crippen molar-refractivity contribution in [3.8, 4) is 0 Å². The smallest absolute Gasteiger partial charge is 0.0887 e. The van der Waals surface area contributed by atoms with Crippen LogP contribution in [0.25, 0.3) is 0 Å². The zero-order chi connectivity index (χ0) is 8.77. The van der Waals surface area contributed by atoms with Crippen LogP contribution in [0.1, 0.15) is 40.0 Å². The SMILES string of the molecule is CC(C)(C)OC1C2CCCC1N2. The fourth-order valence-electron chi connectivity index (χ4n) is 2.25. The van der Waals surface area contributed by atoms with Gasteiger partial charge in [-0.15, -0.1) is 0 Å². The van der Waals surface area contributed by atoms with Crippen LogP contribution in [0, 0.1) is 0 Å². The molecule has 0 aromatic carbocycles. The summed E-state index contributed by atoms with van der Waals surface area (Å²) in [7, 11) is 0. The van der Waals surface area contributed by atoms with E-state index in [1.54, 1.807) is 0 Å². The first kappa shape index (κ1) is 8.52. The van der Waals surface area contributed by atoms with E-state index in [1.807, 2.05) is 0 Å². The normalized spacial score (nSPS) is 40.8. The van der Waals surface area contributed by atoms with E-state index in [0.29, 0.717) is 18.2 Å². The van der Waals surface area contributed by atoms with E-state index in [0.717, 1.165) is 0 Å². The Morgan fingerprint density at radius 3 is 2.17 bits per heavy atom. The van der Waals surface area contributed by atoms with Crippen LogP contribution in [0.2, 0.25) is 0 Å². The minimum absolute atomic E-state index is 0.0284. The van der Waals surface area contributed by atoms with Crippen molar-refractivity contribution in [1.82, 2.24) is 5.32 Å². The largest absolute Gasteiger partial charge is 0.369 e. The number of ether oxygens (including phenoxy) is 1. The molecule has 12 heavy (non-hydrogen) atoms. The molecule has 2 saturated heterocycles. The Balaban J connectivity index is 1.90. The van der Waals surface area contributed by atoms with Crippen molar-refractivity contribution >= 4 is 0 Å². The van der Waals surface area contributed by atoms with Gasteiger partial charge in [0.15, 0.2) is 0 Å². The van der Waals surface area contributed by atoms with Crippen molar-refractivity contribution in [3.63, 3.8) is 0 Å². The summed E-state index contributed by atoms with van der Waals surface area (Å²) in [6.07, 6.45) is 4.49. The molecule has 0 spiro atoms. The summed E-state index contributed by atoms with van der Waals surface area (Å²) in [5, 5.41) is 3.53. The Bertz CT molecular complexity index is 159. The summed E-state index contributed by atoms with van der Waals surface area (Å²) >= 11 is 0. The molecule has 70 valence electrons. The van der Waals surface area contributed by atoms with Gasteiger partial charge < -0.3 is 10.1 Å². The lowest BCUT2D eigenvalue weighted by molar-refractivity contribution is -0.143. The van der Waals surface area contributed by atoms with Gasteiger partial charge in [0.1, 0.15) is 0 Å². The number of rotatable bonds is 1. The van der Waals surface area contributed by atoms with Gasteiger partial charge >= 0.3 is 0 Å². The van der Waals surface area contributed by atoms with Crippen molar-refractivity contribution < 1.29 is 4.74 Å². The molecule has 1 saturated carbocycles. The maximum Gasteiger partial charge on any atom is 0.0887 e. The van der Waals surface area contributed by atoms with Crippen LogP contribution in [0.3, 0.4) is 0 Å². The molecule has 2 heterocycles. The monoisotopic (exact) mass is 169 g/mol. The van der Waals surface area contributed by atoms with Gasteiger partial charge in [-0.3, -0.25) is 0 Å². The molecule has 0 aromatic heterocycles. The summed E-state index contributed by atoms with van der Waals surface area (Å²) in [5.41, 5.74) is 0.0284. The molecule has 0 aromatic rings. The highest BCUT2D eigenvalue weighted by Crippen LogP contribution is 2.33. The molecular weight excluding hydrogens is 150 g/mol. The van der Waals surface area contributed by atoms with E-state index >= 15 is 0 Å². The highest BCUT2D eigenvalue weighted by atomic mass is 16.5. The van der Waals surface area contributed by atoms with Gasteiger partial charge in [-0.1, -0.05) is 6.42 Å². The summed E-state index contributed by atoms with van der Waals surface area (Å²) in [4.78, 5) is 0. The second kappa shape index (κ2) is 2.71. The van der Waals surface area contributed by atoms with E-state index < -0.39 is 0 Å². The number of piperidine rings is 1. The first-order chi connectivity index (χ1) is 5.56. The third-order valence-corrected chi connectivity index (χ3v) is 2.74. The van der Waals surface area contributed by atoms with Gasteiger partial charge in [0.25, 0.3) is 0 Å². The van der Waals surface area contributed by atoms with Crippen LogP contribution in [-0.4, -0.2) is 23.8 Å². The Morgan fingerprint density at radius 2 is 1.75 bits per heavy atom. The summed E-state index contributed by atoms with van der Waals surface area (Å²) in [5.74, 6) is 0. The Kier molecular flexibility index (Phi) is 1.92.